The van der Waals surface area contributed by atoms with Crippen LogP contribution in [0.3, 0.4) is 0 Å². The first-order valence-corrected chi connectivity index (χ1v) is 9.92. The summed E-state index contributed by atoms with van der Waals surface area (Å²) in [6, 6.07) is 5.25. The molecule has 0 aliphatic carbocycles. The number of benzene rings is 1. The summed E-state index contributed by atoms with van der Waals surface area (Å²) >= 11 is 0. The van der Waals surface area contributed by atoms with Crippen LogP contribution in [0.25, 0.3) is 0 Å². The van der Waals surface area contributed by atoms with Gasteiger partial charge in [-0.15, -0.1) is 0 Å². The van der Waals surface area contributed by atoms with Crippen LogP contribution < -0.4 is 16.0 Å². The number of nitrogens with zero attached hydrogens (tertiary/aromatic N) is 1. The second kappa shape index (κ2) is 8.38. The molecule has 0 bridgehead atoms. The van der Waals surface area contributed by atoms with E-state index in [1.54, 1.807) is 4.90 Å². The van der Waals surface area contributed by atoms with Gasteiger partial charge in [-0.3, -0.25) is 19.7 Å². The van der Waals surface area contributed by atoms with Crippen LogP contribution in [-0.4, -0.2) is 61.0 Å². The van der Waals surface area contributed by atoms with E-state index in [2.05, 4.69) is 16.0 Å². The molecule has 1 aromatic carbocycles. The minimum absolute atomic E-state index is 0.120. The number of carbonyl (C=O) groups excluding carboxylic acids is 3. The van der Waals surface area contributed by atoms with Gasteiger partial charge in [0.15, 0.2) is 0 Å². The molecule has 0 saturated carbocycles. The Bertz CT molecular complexity index is 773. The van der Waals surface area contributed by atoms with Gasteiger partial charge in [0.25, 0.3) is 5.91 Å². The molecule has 0 spiro atoms. The Morgan fingerprint density at radius 2 is 2.14 bits per heavy atom. The van der Waals surface area contributed by atoms with E-state index >= 15 is 0 Å². The Morgan fingerprint density at radius 3 is 3.00 bits per heavy atom. The first kappa shape index (κ1) is 19.0. The van der Waals surface area contributed by atoms with E-state index in [4.69, 9.17) is 4.74 Å². The quantitative estimate of drug-likeness (QED) is 0.612. The Labute approximate surface area is 164 Å². The van der Waals surface area contributed by atoms with E-state index in [9.17, 15) is 14.4 Å². The fraction of sp³-hybridized carbons (Fsp3) is 0.550. The van der Waals surface area contributed by atoms with Gasteiger partial charge in [-0.25, -0.2) is 0 Å². The van der Waals surface area contributed by atoms with Crippen LogP contribution in [0, 0.1) is 0 Å². The van der Waals surface area contributed by atoms with Crippen molar-refractivity contribution in [3.8, 4) is 0 Å². The van der Waals surface area contributed by atoms with Crippen molar-refractivity contribution < 1.29 is 19.1 Å². The van der Waals surface area contributed by atoms with E-state index in [-0.39, 0.29) is 30.2 Å². The molecular weight excluding hydrogens is 360 g/mol. The SMILES string of the molecule is O=C1CCC(N2Cc3cccc(CNCC4CNCCCO4)c3C2=O)C(=O)N1. The zero-order chi connectivity index (χ0) is 19.5. The number of nitrogens with one attached hydrogen (secondary N) is 3. The van der Waals surface area contributed by atoms with Gasteiger partial charge in [0.1, 0.15) is 6.04 Å². The van der Waals surface area contributed by atoms with Crippen LogP contribution in [0.5, 0.6) is 0 Å². The predicted molar refractivity (Wildman–Crippen MR) is 101 cm³/mol. The van der Waals surface area contributed by atoms with Gasteiger partial charge in [-0.2, -0.15) is 0 Å². The number of carbonyl (C=O) groups is 3. The lowest BCUT2D eigenvalue weighted by atomic mass is 10.0. The van der Waals surface area contributed by atoms with Crippen LogP contribution in [0.1, 0.15) is 40.7 Å². The molecule has 3 aliphatic heterocycles. The lowest BCUT2D eigenvalue weighted by molar-refractivity contribution is -0.136. The first-order chi connectivity index (χ1) is 13.6. The lowest BCUT2D eigenvalue weighted by Gasteiger charge is -2.29. The van der Waals surface area contributed by atoms with E-state index < -0.39 is 6.04 Å². The molecule has 4 rings (SSSR count). The average Bonchev–Trinajstić information content (AvgIpc) is 2.84. The van der Waals surface area contributed by atoms with Gasteiger partial charge in [0.2, 0.25) is 11.8 Å². The number of hydrogen-bond acceptors (Lipinski definition) is 6. The molecule has 0 radical (unpaired) electrons. The van der Waals surface area contributed by atoms with E-state index in [1.165, 1.54) is 0 Å². The van der Waals surface area contributed by atoms with Gasteiger partial charge < -0.3 is 20.3 Å². The number of imide groups is 1. The van der Waals surface area contributed by atoms with Crippen LogP contribution in [0.2, 0.25) is 0 Å². The molecule has 2 fully saturated rings. The van der Waals surface area contributed by atoms with Gasteiger partial charge in [0.05, 0.1) is 6.10 Å². The minimum atomic E-state index is -0.580. The zero-order valence-electron chi connectivity index (χ0n) is 15.8. The highest BCUT2D eigenvalue weighted by Crippen LogP contribution is 2.29. The van der Waals surface area contributed by atoms with E-state index in [1.807, 2.05) is 18.2 Å². The fourth-order valence-electron chi connectivity index (χ4n) is 4.11. The largest absolute Gasteiger partial charge is 0.376 e. The molecule has 8 nitrogen and oxygen atoms in total. The molecule has 1 aromatic rings. The van der Waals surface area contributed by atoms with Crippen LogP contribution in [-0.2, 0) is 27.4 Å². The summed E-state index contributed by atoms with van der Waals surface area (Å²) < 4.78 is 5.80. The molecule has 8 heteroatoms. The van der Waals surface area contributed by atoms with Crippen molar-refractivity contribution in [3.63, 3.8) is 0 Å². The summed E-state index contributed by atoms with van der Waals surface area (Å²) in [6.07, 6.45) is 1.78. The Balaban J connectivity index is 1.41. The number of rotatable bonds is 5. The second-order valence-corrected chi connectivity index (χ2v) is 7.53. The number of amides is 3. The van der Waals surface area contributed by atoms with Crippen molar-refractivity contribution in [2.45, 2.75) is 44.5 Å². The molecule has 3 aliphatic rings. The van der Waals surface area contributed by atoms with Gasteiger partial charge in [0, 0.05) is 44.8 Å². The van der Waals surface area contributed by atoms with E-state index in [0.717, 1.165) is 37.2 Å². The molecule has 3 amide bonds. The molecule has 2 saturated heterocycles. The maximum Gasteiger partial charge on any atom is 0.255 e. The summed E-state index contributed by atoms with van der Waals surface area (Å²) in [7, 11) is 0. The van der Waals surface area contributed by atoms with Crippen LogP contribution in [0.15, 0.2) is 18.2 Å². The molecule has 2 unspecified atom stereocenters. The molecule has 28 heavy (non-hydrogen) atoms. The van der Waals surface area contributed by atoms with Crippen molar-refractivity contribution in [2.75, 3.05) is 26.2 Å². The van der Waals surface area contributed by atoms with Crippen molar-refractivity contribution in [2.24, 2.45) is 0 Å². The summed E-state index contributed by atoms with van der Waals surface area (Å²) in [6.45, 7) is 4.25. The Hall–Kier alpha value is -2.29. The van der Waals surface area contributed by atoms with Crippen LogP contribution >= 0.6 is 0 Å². The van der Waals surface area contributed by atoms with Gasteiger partial charge in [-0.05, 0) is 30.5 Å². The number of hydrogen-bond donors (Lipinski definition) is 3. The molecule has 2 atom stereocenters. The normalized spacial score (nSPS) is 25.4. The first-order valence-electron chi connectivity index (χ1n) is 9.92. The third-order valence-electron chi connectivity index (χ3n) is 5.55. The highest BCUT2D eigenvalue weighted by Gasteiger charge is 2.39. The molecule has 3 heterocycles. The van der Waals surface area contributed by atoms with Crippen molar-refractivity contribution in [1.29, 1.82) is 0 Å². The average molecular weight is 386 g/mol. The van der Waals surface area contributed by atoms with Crippen molar-refractivity contribution in [3.05, 3.63) is 34.9 Å². The minimum Gasteiger partial charge on any atom is -0.376 e. The summed E-state index contributed by atoms with van der Waals surface area (Å²) in [5.41, 5.74) is 2.54. The molecule has 3 N–H and O–H groups in total. The fourth-order valence-corrected chi connectivity index (χ4v) is 4.11. The zero-order valence-corrected chi connectivity index (χ0v) is 15.8. The molecular formula is C20H26N4O4. The maximum atomic E-state index is 13.1. The standard InChI is InChI=1S/C20H26N4O4/c25-17-6-5-16(19(26)23-17)24-12-14-4-1-3-13(18(14)20(24)27)9-22-11-15-10-21-7-2-8-28-15/h1,3-4,15-16,21-22H,2,5-12H2,(H,23,25,26). The van der Waals surface area contributed by atoms with Gasteiger partial charge >= 0.3 is 0 Å². The van der Waals surface area contributed by atoms with Crippen molar-refractivity contribution >= 4 is 17.7 Å². The topological polar surface area (TPSA) is 99.8 Å². The van der Waals surface area contributed by atoms with Gasteiger partial charge in [-0.1, -0.05) is 18.2 Å². The van der Waals surface area contributed by atoms with Crippen LogP contribution in [0.4, 0.5) is 0 Å². The highest BCUT2D eigenvalue weighted by molar-refractivity contribution is 6.05. The van der Waals surface area contributed by atoms with Crippen molar-refractivity contribution in [1.82, 2.24) is 20.9 Å². The van der Waals surface area contributed by atoms with E-state index in [0.29, 0.717) is 31.6 Å². The lowest BCUT2D eigenvalue weighted by Crippen LogP contribution is -2.52. The monoisotopic (exact) mass is 386 g/mol. The predicted octanol–water partition coefficient (Wildman–Crippen LogP) is -0.0843. The Morgan fingerprint density at radius 1 is 1.25 bits per heavy atom. The maximum absolute atomic E-state index is 13.1. The third kappa shape index (κ3) is 3.94. The molecule has 0 aromatic heterocycles. The smallest absolute Gasteiger partial charge is 0.255 e. The number of piperidine rings is 1. The third-order valence-corrected chi connectivity index (χ3v) is 5.55. The Kier molecular flexibility index (Phi) is 5.70. The molecule has 150 valence electrons. The second-order valence-electron chi connectivity index (χ2n) is 7.53. The summed E-state index contributed by atoms with van der Waals surface area (Å²) in [4.78, 5) is 38.2. The summed E-state index contributed by atoms with van der Waals surface area (Å²) in [5.74, 6) is -0.783. The summed E-state index contributed by atoms with van der Waals surface area (Å²) in [5, 5.41) is 9.10. The highest BCUT2D eigenvalue weighted by atomic mass is 16.5. The number of ether oxygens (including phenoxy) is 1. The number of fused-ring (bicyclic) bond motifs is 1.